The quantitative estimate of drug-likeness (QED) is 0.262. The van der Waals surface area contributed by atoms with E-state index in [4.69, 9.17) is 10.00 Å². The molecule has 1 heterocycles. The van der Waals surface area contributed by atoms with Crippen molar-refractivity contribution in [3.63, 3.8) is 0 Å². The van der Waals surface area contributed by atoms with Crippen LogP contribution in [0.3, 0.4) is 0 Å². The first kappa shape index (κ1) is 16.3. The van der Waals surface area contributed by atoms with Crippen molar-refractivity contribution in [2.24, 2.45) is 16.8 Å². The fourth-order valence-electron chi connectivity index (χ4n) is 2.15. The van der Waals surface area contributed by atoms with Gasteiger partial charge in [0.05, 0.1) is 6.61 Å². The lowest BCUT2D eigenvalue weighted by Crippen LogP contribution is -2.30. The number of nitrogens with zero attached hydrogens (tertiary/aromatic N) is 3. The van der Waals surface area contributed by atoms with E-state index in [0.29, 0.717) is 17.0 Å². The van der Waals surface area contributed by atoms with Crippen LogP contribution < -0.4 is 5.32 Å². The van der Waals surface area contributed by atoms with Gasteiger partial charge in [-0.25, -0.2) is 0 Å². The summed E-state index contributed by atoms with van der Waals surface area (Å²) in [5.74, 6) is 1.33. The summed E-state index contributed by atoms with van der Waals surface area (Å²) in [6, 6.07) is 0. The molecule has 0 amide bonds. The molecule has 0 aromatic rings. The number of nitrogens with one attached hydrogen (secondary N) is 1. The van der Waals surface area contributed by atoms with Crippen LogP contribution in [-0.4, -0.2) is 56.2 Å². The lowest BCUT2D eigenvalue weighted by Gasteiger charge is -2.22. The Morgan fingerprint density at radius 1 is 1.58 bits per heavy atom. The van der Waals surface area contributed by atoms with Crippen molar-refractivity contribution in [2.45, 2.75) is 13.3 Å². The van der Waals surface area contributed by atoms with Crippen LogP contribution in [-0.2, 0) is 4.74 Å². The number of ether oxygens (including phenoxy) is 1. The molecule has 0 bridgehead atoms. The average molecular weight is 284 g/mol. The summed E-state index contributed by atoms with van der Waals surface area (Å²) in [6.07, 6.45) is 4.82. The molecule has 1 aliphatic rings. The van der Waals surface area contributed by atoms with Gasteiger partial charge in [-0.1, -0.05) is 18.7 Å². The van der Waals surface area contributed by atoms with Crippen LogP contribution in [0.25, 0.3) is 0 Å². The molecule has 0 aliphatic carbocycles. The molecule has 1 fully saturated rings. The van der Waals surface area contributed by atoms with Gasteiger partial charge in [-0.05, 0) is 38.1 Å². The molecule has 2 atom stereocenters. The van der Waals surface area contributed by atoms with Gasteiger partial charge >= 0.3 is 0 Å². The van der Waals surface area contributed by atoms with E-state index in [1.54, 1.807) is 0 Å². The molecule has 2 unspecified atom stereocenters. The summed E-state index contributed by atoms with van der Waals surface area (Å²) in [4.78, 5) is 6.69. The van der Waals surface area contributed by atoms with E-state index >= 15 is 0 Å². The molecule has 1 N–H and O–H groups in total. The first-order valence-electron chi connectivity index (χ1n) is 6.67. The van der Waals surface area contributed by atoms with Crippen molar-refractivity contribution in [2.75, 3.05) is 46.2 Å². The normalized spacial score (nSPS) is 23.6. The van der Waals surface area contributed by atoms with Gasteiger partial charge in [-0.15, -0.1) is 0 Å². The summed E-state index contributed by atoms with van der Waals surface area (Å²) in [5, 5.41) is 11.8. The van der Waals surface area contributed by atoms with Gasteiger partial charge < -0.3 is 9.64 Å². The number of rotatable bonds is 6. The van der Waals surface area contributed by atoms with Crippen LogP contribution in [0.5, 0.6) is 0 Å². The van der Waals surface area contributed by atoms with Crippen LogP contribution in [0.2, 0.25) is 0 Å². The zero-order chi connectivity index (χ0) is 14.1. The molecule has 0 spiro atoms. The van der Waals surface area contributed by atoms with Crippen molar-refractivity contribution < 1.29 is 4.74 Å². The topological polar surface area (TPSA) is 60.6 Å². The van der Waals surface area contributed by atoms with Gasteiger partial charge in [-0.3, -0.25) is 10.3 Å². The van der Waals surface area contributed by atoms with E-state index in [1.807, 2.05) is 12.4 Å². The highest BCUT2D eigenvalue weighted by molar-refractivity contribution is 8.13. The summed E-state index contributed by atoms with van der Waals surface area (Å²) < 4.78 is 5.48. The van der Waals surface area contributed by atoms with Gasteiger partial charge in [0.2, 0.25) is 0 Å². The zero-order valence-corrected chi connectivity index (χ0v) is 12.9. The van der Waals surface area contributed by atoms with E-state index in [0.717, 1.165) is 39.3 Å². The predicted molar refractivity (Wildman–Crippen MR) is 80.2 cm³/mol. The monoisotopic (exact) mass is 284 g/mol. The van der Waals surface area contributed by atoms with Gasteiger partial charge in [0, 0.05) is 19.7 Å². The summed E-state index contributed by atoms with van der Waals surface area (Å²) in [6.45, 7) is 6.93. The Labute approximate surface area is 120 Å². The second-order valence-corrected chi connectivity index (χ2v) is 5.81. The van der Waals surface area contributed by atoms with Crippen LogP contribution in [0.15, 0.2) is 4.99 Å². The summed E-state index contributed by atoms with van der Waals surface area (Å²) in [7, 11) is 2.15. The predicted octanol–water partition coefficient (Wildman–Crippen LogP) is 1.38. The van der Waals surface area contributed by atoms with Crippen LogP contribution in [0.4, 0.5) is 0 Å². The van der Waals surface area contributed by atoms with Crippen LogP contribution >= 0.6 is 11.8 Å². The van der Waals surface area contributed by atoms with Crippen molar-refractivity contribution >= 4 is 16.9 Å². The molecule has 5 nitrogen and oxygen atoms in total. The molecule has 1 rings (SSSR count). The lowest BCUT2D eigenvalue weighted by atomic mass is 9.98. The minimum absolute atomic E-state index is 0.663. The second kappa shape index (κ2) is 9.18. The molecule has 108 valence electrons. The standard InChI is InChI=1S/C13H24N4OS/c1-11-8-18-9-12(11)7-17(2)6-4-5-15-13(19-3)16-10-14/h11-12H,4-9H2,1-3H3,(H,15,16). The Morgan fingerprint density at radius 3 is 2.95 bits per heavy atom. The number of amidine groups is 1. The number of hydrogen-bond donors (Lipinski definition) is 1. The number of nitriles is 1. The Hall–Kier alpha value is -0.770. The fraction of sp³-hybridized carbons (Fsp3) is 0.846. The van der Waals surface area contributed by atoms with E-state index < -0.39 is 0 Å². The number of thioether (sulfide) groups is 1. The van der Waals surface area contributed by atoms with Crippen molar-refractivity contribution in [3.05, 3.63) is 0 Å². The summed E-state index contributed by atoms with van der Waals surface area (Å²) in [5.41, 5.74) is 0. The highest BCUT2D eigenvalue weighted by atomic mass is 32.2. The van der Waals surface area contributed by atoms with Gasteiger partial charge in [0.15, 0.2) is 11.4 Å². The maximum atomic E-state index is 8.52. The molecule has 1 aliphatic heterocycles. The maximum absolute atomic E-state index is 8.52. The van der Waals surface area contributed by atoms with Crippen LogP contribution in [0, 0.1) is 23.3 Å². The first-order valence-corrected chi connectivity index (χ1v) is 7.89. The highest BCUT2D eigenvalue weighted by Gasteiger charge is 2.24. The highest BCUT2D eigenvalue weighted by Crippen LogP contribution is 2.20. The molecule has 1 saturated heterocycles. The largest absolute Gasteiger partial charge is 0.381 e. The van der Waals surface area contributed by atoms with Gasteiger partial charge in [-0.2, -0.15) is 5.26 Å². The Morgan fingerprint density at radius 2 is 2.37 bits per heavy atom. The Kier molecular flexibility index (Phi) is 7.87. The number of hydrogen-bond acceptors (Lipinski definition) is 5. The SMILES string of the molecule is CSC(=NCCCN(C)CC1COCC1C)NC#N. The Balaban J connectivity index is 2.16. The smallest absolute Gasteiger partial charge is 0.183 e. The van der Waals surface area contributed by atoms with E-state index in [9.17, 15) is 0 Å². The maximum Gasteiger partial charge on any atom is 0.183 e. The fourth-order valence-corrected chi connectivity index (χ4v) is 2.52. The summed E-state index contributed by atoms with van der Waals surface area (Å²) >= 11 is 1.47. The molecule has 0 radical (unpaired) electrons. The van der Waals surface area contributed by atoms with Crippen LogP contribution in [0.1, 0.15) is 13.3 Å². The molecule has 0 saturated carbocycles. The third-order valence-corrected chi connectivity index (χ3v) is 3.99. The molecule has 6 heteroatoms. The molecular weight excluding hydrogens is 260 g/mol. The van der Waals surface area contributed by atoms with Gasteiger partial charge in [0.25, 0.3) is 0 Å². The minimum atomic E-state index is 0.663. The third kappa shape index (κ3) is 6.28. The molecule has 19 heavy (non-hydrogen) atoms. The van der Waals surface area contributed by atoms with E-state index in [2.05, 4.69) is 29.2 Å². The van der Waals surface area contributed by atoms with Gasteiger partial charge in [0.1, 0.15) is 0 Å². The zero-order valence-electron chi connectivity index (χ0n) is 12.1. The second-order valence-electron chi connectivity index (χ2n) is 5.02. The van der Waals surface area contributed by atoms with E-state index in [-0.39, 0.29) is 0 Å². The number of aliphatic imine (C=N–C) groups is 1. The van der Waals surface area contributed by atoms with Crippen molar-refractivity contribution in [3.8, 4) is 6.19 Å². The first-order chi connectivity index (χ1) is 9.17. The molecule has 0 aromatic heterocycles. The van der Waals surface area contributed by atoms with Crippen molar-refractivity contribution in [1.29, 1.82) is 5.26 Å². The average Bonchev–Trinajstić information content (AvgIpc) is 2.79. The molecular formula is C13H24N4OS. The van der Waals surface area contributed by atoms with E-state index in [1.165, 1.54) is 11.8 Å². The third-order valence-electron chi connectivity index (χ3n) is 3.37. The lowest BCUT2D eigenvalue weighted by molar-refractivity contribution is 0.173. The Bertz CT molecular complexity index is 329. The minimum Gasteiger partial charge on any atom is -0.381 e. The molecule has 0 aromatic carbocycles. The van der Waals surface area contributed by atoms with Crippen molar-refractivity contribution in [1.82, 2.24) is 10.2 Å².